The van der Waals surface area contributed by atoms with Gasteiger partial charge in [-0.15, -0.1) is 0 Å². The third-order valence-corrected chi connectivity index (χ3v) is 8.57. The number of hydrogen-bond acceptors (Lipinski definition) is 5. The number of H-pyrrole nitrogens is 2. The zero-order valence-electron chi connectivity index (χ0n) is 26.4. The molecule has 1 atom stereocenters. The molecule has 4 heterocycles. The fourth-order valence-corrected chi connectivity index (χ4v) is 5.87. The number of esters is 1. The maximum absolute atomic E-state index is 12.4. The molecule has 10 nitrogen and oxygen atoms in total. The van der Waals surface area contributed by atoms with Gasteiger partial charge >= 0.3 is 11.9 Å². The Labute approximate surface area is 256 Å². The number of carboxylic acids is 1. The maximum Gasteiger partial charge on any atom is 0.305 e. The van der Waals surface area contributed by atoms with Gasteiger partial charge in [0.2, 0.25) is 5.91 Å². The summed E-state index contributed by atoms with van der Waals surface area (Å²) in [5, 5.41) is 13.9. The zero-order chi connectivity index (χ0) is 32.3. The van der Waals surface area contributed by atoms with Crippen molar-refractivity contribution in [3.05, 3.63) is 72.8 Å². The maximum atomic E-state index is 12.4. The lowest BCUT2D eigenvalue weighted by Gasteiger charge is -2.03. The molecule has 232 valence electrons. The molecule has 1 saturated heterocycles. The summed E-state index contributed by atoms with van der Waals surface area (Å²) in [4.78, 5) is 59.6. The van der Waals surface area contributed by atoms with E-state index in [1.54, 1.807) is 0 Å². The fourth-order valence-electron chi connectivity index (χ4n) is 5.87. The Morgan fingerprint density at radius 3 is 2.27 bits per heavy atom. The number of aliphatic carboxylic acids is 1. The predicted molar refractivity (Wildman–Crippen MR) is 169 cm³/mol. The highest BCUT2D eigenvalue weighted by Crippen LogP contribution is 2.29. The van der Waals surface area contributed by atoms with Gasteiger partial charge in [-0.3, -0.25) is 19.2 Å². The lowest BCUT2D eigenvalue weighted by atomic mass is 10.00. The molecule has 4 N–H and O–H groups in total. The van der Waals surface area contributed by atoms with Crippen molar-refractivity contribution in [1.29, 1.82) is 0 Å². The first kappa shape index (κ1) is 32.2. The largest absolute Gasteiger partial charge is 0.481 e. The molecule has 2 aromatic rings. The van der Waals surface area contributed by atoms with E-state index in [1.165, 1.54) is 7.11 Å². The van der Waals surface area contributed by atoms with E-state index in [9.17, 15) is 24.3 Å². The molecule has 4 rings (SSSR count). The average molecular weight is 601 g/mol. The Balaban J connectivity index is 1.91. The third-order valence-electron chi connectivity index (χ3n) is 8.57. The van der Waals surface area contributed by atoms with Crippen molar-refractivity contribution in [3.63, 3.8) is 0 Å². The number of carbonyl (C=O) groups is 4. The third kappa shape index (κ3) is 6.44. The van der Waals surface area contributed by atoms with Crippen LogP contribution in [0.1, 0.15) is 80.6 Å². The van der Waals surface area contributed by atoms with Crippen LogP contribution in [0.25, 0.3) is 18.2 Å². The van der Waals surface area contributed by atoms with Crippen LogP contribution in [0, 0.1) is 19.8 Å². The molecule has 1 fully saturated rings. The number of aromatic nitrogens is 2. The lowest BCUT2D eigenvalue weighted by Crippen LogP contribution is -2.16. The summed E-state index contributed by atoms with van der Waals surface area (Å²) in [7, 11) is 1.35. The summed E-state index contributed by atoms with van der Waals surface area (Å²) < 4.78 is 4.89. The van der Waals surface area contributed by atoms with E-state index in [0.717, 1.165) is 55.5 Å². The molecular weight excluding hydrogens is 560 g/mol. The number of allylic oxidation sites excluding steroid dienone is 3. The molecule has 0 aliphatic carbocycles. The molecular formula is C34H40N4O6. The number of aliphatic imine (C=N–C) groups is 1. The lowest BCUT2D eigenvalue weighted by molar-refractivity contribution is -0.140. The molecule has 2 aliphatic rings. The number of nitrogens with zero attached hydrogens (tertiary/aromatic N) is 1. The molecule has 0 radical (unpaired) electrons. The monoisotopic (exact) mass is 600 g/mol. The first-order chi connectivity index (χ1) is 20.9. The molecule has 0 bridgehead atoms. The Kier molecular flexibility index (Phi) is 9.71. The minimum Gasteiger partial charge on any atom is -0.481 e. The van der Waals surface area contributed by atoms with E-state index >= 15 is 0 Å². The van der Waals surface area contributed by atoms with E-state index in [2.05, 4.69) is 20.3 Å². The molecule has 0 spiro atoms. The Morgan fingerprint density at radius 2 is 1.66 bits per heavy atom. The topological polar surface area (TPSA) is 154 Å². The first-order valence-electron chi connectivity index (χ1n) is 14.8. The number of ether oxygens (including phenoxy) is 1. The van der Waals surface area contributed by atoms with Crippen LogP contribution < -0.4 is 16.0 Å². The standard InChI is InChI=1S/C34H40N4O6/c1-8-21-20(6)33(42)38-28(21)15-26-18(4)23(10-12-31(39)40)29(36-26)16-30-24(11-13-32(41)44-7)19(5)25(35-30)14-27-17(3)22(9-2)34(43)37-27/h8,14-16,20,35-36H,9-13H2,1-7H3,(H,38,42)(H,39,40)/b21-8+,25-14+,28-15+,30-16-. The van der Waals surface area contributed by atoms with Gasteiger partial charge in [-0.25, -0.2) is 4.99 Å². The summed E-state index contributed by atoms with van der Waals surface area (Å²) >= 11 is 0. The number of carboxylic acid groups (broad SMARTS) is 1. The van der Waals surface area contributed by atoms with Crippen LogP contribution in [0.2, 0.25) is 0 Å². The highest BCUT2D eigenvalue weighted by atomic mass is 16.5. The zero-order valence-corrected chi connectivity index (χ0v) is 26.4. The number of rotatable bonds is 10. The van der Waals surface area contributed by atoms with Crippen molar-refractivity contribution in [3.8, 4) is 0 Å². The second-order valence-electron chi connectivity index (χ2n) is 11.1. The van der Waals surface area contributed by atoms with Crippen molar-refractivity contribution in [2.24, 2.45) is 10.9 Å². The fraction of sp³-hybridized carbons (Fsp3) is 0.382. The van der Waals surface area contributed by atoms with E-state index in [1.807, 2.05) is 65.8 Å². The van der Waals surface area contributed by atoms with Crippen molar-refractivity contribution < 1.29 is 29.0 Å². The number of methoxy groups -OCH3 is 1. The summed E-state index contributed by atoms with van der Waals surface area (Å²) in [6.45, 7) is 11.5. The van der Waals surface area contributed by atoms with Gasteiger partial charge in [0.25, 0.3) is 5.91 Å². The molecule has 0 aromatic carbocycles. The van der Waals surface area contributed by atoms with Crippen molar-refractivity contribution in [2.75, 3.05) is 7.11 Å². The average Bonchev–Trinajstić information content (AvgIpc) is 3.63. The Bertz CT molecular complexity index is 1790. The van der Waals surface area contributed by atoms with Crippen LogP contribution in [-0.2, 0) is 36.8 Å². The van der Waals surface area contributed by atoms with Gasteiger partial charge in [0, 0.05) is 46.2 Å². The van der Waals surface area contributed by atoms with E-state index in [4.69, 9.17) is 4.74 Å². The summed E-state index contributed by atoms with van der Waals surface area (Å²) in [6.07, 6.45) is 9.01. The Morgan fingerprint density at radius 1 is 0.955 bits per heavy atom. The second kappa shape index (κ2) is 13.3. The van der Waals surface area contributed by atoms with Crippen LogP contribution in [0.5, 0.6) is 0 Å². The summed E-state index contributed by atoms with van der Waals surface area (Å²) in [5.41, 5.74) is 8.75. The smallest absolute Gasteiger partial charge is 0.305 e. The van der Waals surface area contributed by atoms with Crippen LogP contribution in [0.4, 0.5) is 0 Å². The van der Waals surface area contributed by atoms with Crippen LogP contribution in [0.3, 0.4) is 0 Å². The number of aromatic amines is 2. The quantitative estimate of drug-likeness (QED) is 0.307. The van der Waals surface area contributed by atoms with Crippen LogP contribution in [-0.4, -0.2) is 51.6 Å². The predicted octanol–water partition coefficient (Wildman–Crippen LogP) is 3.45. The van der Waals surface area contributed by atoms with Gasteiger partial charge in [-0.2, -0.15) is 0 Å². The molecule has 2 aliphatic heterocycles. The minimum absolute atomic E-state index is 0.0549. The van der Waals surface area contributed by atoms with Gasteiger partial charge < -0.3 is 25.1 Å². The van der Waals surface area contributed by atoms with Gasteiger partial charge in [-0.05, 0) is 106 Å². The van der Waals surface area contributed by atoms with Crippen molar-refractivity contribution in [2.45, 2.75) is 73.6 Å². The van der Waals surface area contributed by atoms with Gasteiger partial charge in [-0.1, -0.05) is 13.0 Å². The molecule has 0 saturated carbocycles. The molecule has 1 unspecified atom stereocenters. The number of hydrogen-bond donors (Lipinski definition) is 4. The minimum atomic E-state index is -0.905. The molecule has 2 aromatic heterocycles. The van der Waals surface area contributed by atoms with Crippen LogP contribution in [0.15, 0.2) is 33.5 Å². The van der Waals surface area contributed by atoms with E-state index < -0.39 is 5.97 Å². The highest BCUT2D eigenvalue weighted by Gasteiger charge is 2.29. The van der Waals surface area contributed by atoms with Crippen LogP contribution >= 0.6 is 0 Å². The normalized spacial score (nSPS) is 19.5. The van der Waals surface area contributed by atoms with Gasteiger partial charge in [0.1, 0.15) is 0 Å². The molecule has 44 heavy (non-hydrogen) atoms. The van der Waals surface area contributed by atoms with Gasteiger partial charge in [0.05, 0.1) is 18.7 Å². The van der Waals surface area contributed by atoms with E-state index in [-0.39, 0.29) is 36.5 Å². The number of nitrogens with one attached hydrogen (secondary N) is 3. The van der Waals surface area contributed by atoms with Crippen molar-refractivity contribution in [1.82, 2.24) is 15.3 Å². The van der Waals surface area contributed by atoms with Gasteiger partial charge in [0.15, 0.2) is 0 Å². The SMILES string of the molecule is C/C=C1/C(=C\c2[nH]c(/C=c3\[nH]/c(=C/C4=NC(=O)C(CC)=C4C)c(C)c3CCC(=O)OC)c(CCC(=O)O)c2C)NC(=O)C1C. The molecule has 2 amide bonds. The Hall–Kier alpha value is -4.73. The summed E-state index contributed by atoms with van der Waals surface area (Å²) in [6, 6.07) is 0. The number of carbonyl (C=O) groups excluding carboxylic acids is 3. The summed E-state index contributed by atoms with van der Waals surface area (Å²) in [5.74, 6) is -1.80. The highest BCUT2D eigenvalue weighted by molar-refractivity contribution is 6.30. The second-order valence-corrected chi connectivity index (χ2v) is 11.1. The van der Waals surface area contributed by atoms with E-state index in [0.29, 0.717) is 36.2 Å². The first-order valence-corrected chi connectivity index (χ1v) is 14.8. The molecule has 10 heteroatoms. The number of amides is 2. The van der Waals surface area contributed by atoms with Crippen molar-refractivity contribution >= 4 is 47.7 Å².